The first-order chi connectivity index (χ1) is 11.8. The number of hydrogen-bond acceptors (Lipinski definition) is 2. The summed E-state index contributed by atoms with van der Waals surface area (Å²) in [6.45, 7) is 2.18. The quantitative estimate of drug-likeness (QED) is 0.694. The molecule has 0 bridgehead atoms. The third kappa shape index (κ3) is 1.99. The second-order valence-corrected chi connectivity index (χ2v) is 7.04. The van der Waals surface area contributed by atoms with Gasteiger partial charge in [0.25, 0.3) is 0 Å². The molecule has 0 fully saturated rings. The van der Waals surface area contributed by atoms with Crippen LogP contribution in [0.3, 0.4) is 0 Å². The zero-order chi connectivity index (χ0) is 16.1. The Morgan fingerprint density at radius 2 is 1.92 bits per heavy atom. The molecular formula is C22H20N2. The van der Waals surface area contributed by atoms with Crippen molar-refractivity contribution in [3.63, 3.8) is 0 Å². The number of pyridine rings is 1. The molecule has 1 aliphatic heterocycles. The van der Waals surface area contributed by atoms with E-state index in [1.54, 1.807) is 0 Å². The number of hydrogen-bond donors (Lipinski definition) is 1. The zero-order valence-corrected chi connectivity index (χ0v) is 13.7. The van der Waals surface area contributed by atoms with E-state index in [0.29, 0.717) is 17.9 Å². The first kappa shape index (κ1) is 13.8. The normalized spacial score (nSPS) is 23.8. The van der Waals surface area contributed by atoms with Crippen molar-refractivity contribution in [2.24, 2.45) is 5.92 Å². The van der Waals surface area contributed by atoms with Gasteiger partial charge in [0.2, 0.25) is 0 Å². The highest BCUT2D eigenvalue weighted by molar-refractivity contribution is 5.63. The molecule has 5 rings (SSSR count). The van der Waals surface area contributed by atoms with Crippen molar-refractivity contribution in [2.75, 3.05) is 5.32 Å². The number of nitrogens with zero attached hydrogens (tertiary/aromatic N) is 1. The van der Waals surface area contributed by atoms with Crippen molar-refractivity contribution >= 4 is 5.69 Å². The molecule has 0 saturated heterocycles. The maximum absolute atomic E-state index is 4.35. The molecule has 1 aromatic heterocycles. The number of rotatable bonds is 1. The summed E-state index contributed by atoms with van der Waals surface area (Å²) in [5.41, 5.74) is 8.34. The molecule has 118 valence electrons. The van der Waals surface area contributed by atoms with Crippen LogP contribution in [0.1, 0.15) is 39.8 Å². The molecule has 0 spiro atoms. The van der Waals surface area contributed by atoms with Gasteiger partial charge in [-0.05, 0) is 53.6 Å². The summed E-state index contributed by atoms with van der Waals surface area (Å²) in [7, 11) is 0. The summed E-state index contributed by atoms with van der Waals surface area (Å²) in [5.74, 6) is 1.02. The maximum atomic E-state index is 4.35. The summed E-state index contributed by atoms with van der Waals surface area (Å²) >= 11 is 0. The van der Waals surface area contributed by atoms with E-state index in [2.05, 4.69) is 65.8 Å². The minimum absolute atomic E-state index is 0.311. The van der Waals surface area contributed by atoms with Crippen LogP contribution in [-0.4, -0.2) is 4.98 Å². The standard InChI is InChI=1S/C22H20N2/c1-14-8-9-20-18(11-14)21-17-7-3-2-5-15(17)12-19(21)22(24-20)16-6-4-10-23-13-16/h2-11,13,19,21-22,24H,12H2,1H3. The predicted molar refractivity (Wildman–Crippen MR) is 97.3 cm³/mol. The minimum atomic E-state index is 0.311. The number of benzene rings is 2. The van der Waals surface area contributed by atoms with Crippen LogP contribution in [0.25, 0.3) is 0 Å². The zero-order valence-electron chi connectivity index (χ0n) is 13.7. The van der Waals surface area contributed by atoms with E-state index in [1.807, 2.05) is 18.5 Å². The van der Waals surface area contributed by atoms with E-state index >= 15 is 0 Å². The van der Waals surface area contributed by atoms with E-state index in [1.165, 1.54) is 33.5 Å². The van der Waals surface area contributed by atoms with Crippen LogP contribution in [-0.2, 0) is 6.42 Å². The van der Waals surface area contributed by atoms with Gasteiger partial charge in [0.1, 0.15) is 0 Å². The molecule has 0 amide bonds. The lowest BCUT2D eigenvalue weighted by atomic mass is 9.75. The number of nitrogens with one attached hydrogen (secondary N) is 1. The lowest BCUT2D eigenvalue weighted by molar-refractivity contribution is 0.420. The summed E-state index contributed by atoms with van der Waals surface area (Å²) < 4.78 is 0. The third-order valence-corrected chi connectivity index (χ3v) is 5.60. The lowest BCUT2D eigenvalue weighted by Crippen LogP contribution is -2.30. The number of aryl methyl sites for hydroxylation is 1. The molecule has 2 aliphatic rings. The van der Waals surface area contributed by atoms with Gasteiger partial charge in [0.05, 0.1) is 6.04 Å². The second-order valence-electron chi connectivity index (χ2n) is 7.04. The smallest absolute Gasteiger partial charge is 0.0569 e. The van der Waals surface area contributed by atoms with Crippen LogP contribution < -0.4 is 5.32 Å². The summed E-state index contributed by atoms with van der Waals surface area (Å²) in [5, 5.41) is 3.81. The van der Waals surface area contributed by atoms with Gasteiger partial charge in [-0.3, -0.25) is 4.98 Å². The Balaban J connectivity index is 1.70. The van der Waals surface area contributed by atoms with Gasteiger partial charge < -0.3 is 5.32 Å². The Bertz CT molecular complexity index is 901. The fourth-order valence-corrected chi connectivity index (χ4v) is 4.57. The summed E-state index contributed by atoms with van der Waals surface area (Å²) in [6.07, 6.45) is 4.99. The van der Waals surface area contributed by atoms with Crippen molar-refractivity contribution < 1.29 is 0 Å². The van der Waals surface area contributed by atoms with Crippen LogP contribution in [0.5, 0.6) is 0 Å². The lowest BCUT2D eigenvalue weighted by Gasteiger charge is -2.38. The van der Waals surface area contributed by atoms with Gasteiger partial charge >= 0.3 is 0 Å². The number of aromatic nitrogens is 1. The van der Waals surface area contributed by atoms with Crippen LogP contribution >= 0.6 is 0 Å². The minimum Gasteiger partial charge on any atom is -0.378 e. The largest absolute Gasteiger partial charge is 0.378 e. The first-order valence-electron chi connectivity index (χ1n) is 8.66. The van der Waals surface area contributed by atoms with Crippen molar-refractivity contribution in [2.45, 2.75) is 25.3 Å². The molecule has 2 aromatic carbocycles. The van der Waals surface area contributed by atoms with E-state index in [0.717, 1.165) is 6.42 Å². The van der Waals surface area contributed by atoms with Crippen LogP contribution in [0.4, 0.5) is 5.69 Å². The maximum Gasteiger partial charge on any atom is 0.0569 e. The fraction of sp³-hybridized carbons (Fsp3) is 0.227. The van der Waals surface area contributed by atoms with Crippen LogP contribution in [0.15, 0.2) is 67.0 Å². The van der Waals surface area contributed by atoms with Crippen molar-refractivity contribution in [1.82, 2.24) is 4.98 Å². The molecule has 3 aromatic rings. The molecule has 1 aliphatic carbocycles. The Morgan fingerprint density at radius 3 is 2.79 bits per heavy atom. The molecule has 3 unspecified atom stereocenters. The van der Waals surface area contributed by atoms with E-state index in [4.69, 9.17) is 0 Å². The van der Waals surface area contributed by atoms with Crippen molar-refractivity contribution in [3.8, 4) is 0 Å². The van der Waals surface area contributed by atoms with Crippen LogP contribution in [0, 0.1) is 12.8 Å². The van der Waals surface area contributed by atoms with E-state index in [9.17, 15) is 0 Å². The van der Waals surface area contributed by atoms with Gasteiger partial charge in [-0.15, -0.1) is 0 Å². The van der Waals surface area contributed by atoms with Gasteiger partial charge in [-0.25, -0.2) is 0 Å². The summed E-state index contributed by atoms with van der Waals surface area (Å²) in [4.78, 5) is 4.35. The molecular weight excluding hydrogens is 292 g/mol. The average molecular weight is 312 g/mol. The highest BCUT2D eigenvalue weighted by Crippen LogP contribution is 2.53. The third-order valence-electron chi connectivity index (χ3n) is 5.60. The van der Waals surface area contributed by atoms with E-state index in [-0.39, 0.29) is 0 Å². The molecule has 2 heterocycles. The Morgan fingerprint density at radius 1 is 1.00 bits per heavy atom. The molecule has 24 heavy (non-hydrogen) atoms. The molecule has 3 atom stereocenters. The number of anilines is 1. The highest BCUT2D eigenvalue weighted by Gasteiger charge is 2.43. The number of fused-ring (bicyclic) bond motifs is 5. The molecule has 2 heteroatoms. The Kier molecular flexibility index (Phi) is 2.99. The van der Waals surface area contributed by atoms with Crippen LogP contribution in [0.2, 0.25) is 0 Å². The van der Waals surface area contributed by atoms with Gasteiger partial charge in [0.15, 0.2) is 0 Å². The van der Waals surface area contributed by atoms with E-state index < -0.39 is 0 Å². The Hall–Kier alpha value is -2.61. The highest BCUT2D eigenvalue weighted by atomic mass is 15.0. The van der Waals surface area contributed by atoms with Gasteiger partial charge in [-0.2, -0.15) is 0 Å². The first-order valence-corrected chi connectivity index (χ1v) is 8.66. The second kappa shape index (κ2) is 5.20. The van der Waals surface area contributed by atoms with Crippen molar-refractivity contribution in [1.29, 1.82) is 0 Å². The monoisotopic (exact) mass is 312 g/mol. The molecule has 0 radical (unpaired) electrons. The van der Waals surface area contributed by atoms with Crippen molar-refractivity contribution in [3.05, 3.63) is 94.8 Å². The Labute approximate surface area is 142 Å². The van der Waals surface area contributed by atoms with Gasteiger partial charge in [-0.1, -0.05) is 48.0 Å². The molecule has 0 saturated carbocycles. The van der Waals surface area contributed by atoms with Gasteiger partial charge in [0, 0.05) is 24.0 Å². The average Bonchev–Trinajstić information content (AvgIpc) is 3.02. The predicted octanol–water partition coefficient (Wildman–Crippen LogP) is 4.86. The molecule has 1 N–H and O–H groups in total. The fourth-order valence-electron chi connectivity index (χ4n) is 4.57. The summed E-state index contributed by atoms with van der Waals surface area (Å²) in [6, 6.07) is 20.3. The SMILES string of the molecule is Cc1ccc2c(c1)C1c3ccccc3CC1C(c1cccnc1)N2. The topological polar surface area (TPSA) is 24.9 Å². The molecule has 2 nitrogen and oxygen atoms in total.